The fourth-order valence-electron chi connectivity index (χ4n) is 2.95. The van der Waals surface area contributed by atoms with Gasteiger partial charge >= 0.3 is 6.03 Å². The Balaban J connectivity index is 1.41. The minimum atomic E-state index is -0.299. The number of piperazine rings is 1. The Kier molecular flexibility index (Phi) is 6.07. The van der Waals surface area contributed by atoms with Gasteiger partial charge in [-0.3, -0.25) is 4.90 Å². The highest BCUT2D eigenvalue weighted by molar-refractivity contribution is 5.90. The van der Waals surface area contributed by atoms with E-state index in [4.69, 9.17) is 4.74 Å². The van der Waals surface area contributed by atoms with Crippen LogP contribution >= 0.6 is 0 Å². The van der Waals surface area contributed by atoms with Gasteiger partial charge in [0.25, 0.3) is 0 Å². The molecule has 2 aromatic rings. The number of anilines is 1. The van der Waals surface area contributed by atoms with Crippen LogP contribution in [-0.2, 0) is 0 Å². The van der Waals surface area contributed by atoms with Crippen LogP contribution in [0.4, 0.5) is 14.9 Å². The number of rotatable bonds is 5. The van der Waals surface area contributed by atoms with Crippen molar-refractivity contribution in [2.75, 3.05) is 44.6 Å². The molecule has 26 heavy (non-hydrogen) atoms. The maximum absolute atomic E-state index is 13.2. The lowest BCUT2D eigenvalue weighted by Crippen LogP contribution is -2.50. The summed E-state index contributed by atoms with van der Waals surface area (Å²) in [4.78, 5) is 16.5. The van der Waals surface area contributed by atoms with Gasteiger partial charge in [0, 0.05) is 38.4 Å². The van der Waals surface area contributed by atoms with E-state index in [0.717, 1.165) is 30.9 Å². The number of carbonyl (C=O) groups is 1. The summed E-state index contributed by atoms with van der Waals surface area (Å²) in [5.74, 6) is 0.576. The predicted octanol–water partition coefficient (Wildman–Crippen LogP) is 3.36. The van der Waals surface area contributed by atoms with Gasteiger partial charge in [-0.05, 0) is 42.8 Å². The molecule has 1 fully saturated rings. The Labute approximate surface area is 153 Å². The fraction of sp³-hybridized carbons (Fsp3) is 0.350. The van der Waals surface area contributed by atoms with Gasteiger partial charge in [0.1, 0.15) is 18.2 Å². The first-order valence-corrected chi connectivity index (χ1v) is 8.84. The van der Waals surface area contributed by atoms with E-state index in [1.165, 1.54) is 12.1 Å². The number of ether oxygens (including phenoxy) is 1. The van der Waals surface area contributed by atoms with E-state index in [0.29, 0.717) is 25.4 Å². The molecule has 0 aliphatic carbocycles. The van der Waals surface area contributed by atoms with Crippen molar-refractivity contribution < 1.29 is 13.9 Å². The largest absolute Gasteiger partial charge is 0.492 e. The Bertz CT molecular complexity index is 731. The second kappa shape index (κ2) is 8.67. The molecule has 1 aliphatic rings. The van der Waals surface area contributed by atoms with Crippen LogP contribution in [0.5, 0.6) is 5.75 Å². The van der Waals surface area contributed by atoms with Crippen molar-refractivity contribution >= 4 is 11.7 Å². The van der Waals surface area contributed by atoms with E-state index >= 15 is 0 Å². The van der Waals surface area contributed by atoms with Crippen LogP contribution in [0.1, 0.15) is 5.56 Å². The van der Waals surface area contributed by atoms with E-state index in [-0.39, 0.29) is 11.8 Å². The number of carbonyl (C=O) groups excluding carboxylic acids is 1. The molecule has 1 N–H and O–H groups in total. The van der Waals surface area contributed by atoms with Crippen molar-refractivity contribution in [1.82, 2.24) is 9.80 Å². The Morgan fingerprint density at radius 2 is 1.85 bits per heavy atom. The molecule has 0 saturated carbocycles. The van der Waals surface area contributed by atoms with Crippen LogP contribution < -0.4 is 10.1 Å². The topological polar surface area (TPSA) is 44.8 Å². The van der Waals surface area contributed by atoms with Crippen LogP contribution in [0.25, 0.3) is 0 Å². The summed E-state index contributed by atoms with van der Waals surface area (Å²) in [5, 5.41) is 2.86. The van der Waals surface area contributed by atoms with E-state index in [9.17, 15) is 9.18 Å². The highest BCUT2D eigenvalue weighted by Gasteiger charge is 2.21. The van der Waals surface area contributed by atoms with Crippen LogP contribution in [0, 0.1) is 12.7 Å². The van der Waals surface area contributed by atoms with E-state index < -0.39 is 0 Å². The number of amides is 2. The molecule has 138 valence electrons. The summed E-state index contributed by atoms with van der Waals surface area (Å²) in [6, 6.07) is 14.0. The standard InChI is InChI=1S/C20H24FN3O2/c1-16-15-17(21)7-8-19(16)22-20(25)24-11-9-23(10-12-24)13-14-26-18-5-3-2-4-6-18/h2-8,15H,9-14H2,1H3,(H,22,25). The van der Waals surface area contributed by atoms with Gasteiger partial charge in [-0.2, -0.15) is 0 Å². The summed E-state index contributed by atoms with van der Waals surface area (Å²) in [7, 11) is 0. The molecule has 0 atom stereocenters. The van der Waals surface area contributed by atoms with E-state index in [1.54, 1.807) is 17.9 Å². The molecule has 1 aliphatic heterocycles. The number of hydrogen-bond donors (Lipinski definition) is 1. The molecule has 0 unspecified atom stereocenters. The first-order chi connectivity index (χ1) is 12.6. The van der Waals surface area contributed by atoms with E-state index in [2.05, 4.69) is 10.2 Å². The van der Waals surface area contributed by atoms with Crippen molar-refractivity contribution in [3.8, 4) is 5.75 Å². The van der Waals surface area contributed by atoms with Gasteiger partial charge < -0.3 is 15.0 Å². The first kappa shape index (κ1) is 18.2. The summed E-state index contributed by atoms with van der Waals surface area (Å²) in [6.45, 7) is 6.20. The average Bonchev–Trinajstić information content (AvgIpc) is 2.65. The molecule has 1 heterocycles. The van der Waals surface area contributed by atoms with Crippen LogP contribution in [0.3, 0.4) is 0 Å². The van der Waals surface area contributed by atoms with Crippen molar-refractivity contribution in [2.24, 2.45) is 0 Å². The van der Waals surface area contributed by atoms with Crippen LogP contribution in [0.15, 0.2) is 48.5 Å². The zero-order valence-electron chi connectivity index (χ0n) is 15.0. The molecule has 1 saturated heterocycles. The van der Waals surface area contributed by atoms with Gasteiger partial charge in [-0.1, -0.05) is 18.2 Å². The third-order valence-electron chi connectivity index (χ3n) is 4.51. The Hall–Kier alpha value is -2.60. The van der Waals surface area contributed by atoms with Crippen molar-refractivity contribution in [2.45, 2.75) is 6.92 Å². The Morgan fingerprint density at radius 1 is 1.12 bits per heavy atom. The normalized spacial score (nSPS) is 14.9. The molecule has 6 heteroatoms. The fourth-order valence-corrected chi connectivity index (χ4v) is 2.95. The molecule has 0 bridgehead atoms. The number of aryl methyl sites for hydroxylation is 1. The zero-order chi connectivity index (χ0) is 18.4. The smallest absolute Gasteiger partial charge is 0.321 e. The quantitative estimate of drug-likeness (QED) is 0.892. The van der Waals surface area contributed by atoms with Gasteiger partial charge in [0.05, 0.1) is 0 Å². The summed E-state index contributed by atoms with van der Waals surface area (Å²) >= 11 is 0. The van der Waals surface area contributed by atoms with Crippen molar-refractivity contribution in [1.29, 1.82) is 0 Å². The minimum Gasteiger partial charge on any atom is -0.492 e. The second-order valence-electron chi connectivity index (χ2n) is 6.38. The van der Waals surface area contributed by atoms with Crippen LogP contribution in [0.2, 0.25) is 0 Å². The van der Waals surface area contributed by atoms with Crippen molar-refractivity contribution in [3.05, 3.63) is 59.9 Å². The van der Waals surface area contributed by atoms with E-state index in [1.807, 2.05) is 30.3 Å². The summed E-state index contributed by atoms with van der Waals surface area (Å²) in [6.07, 6.45) is 0. The number of halogens is 1. The second-order valence-corrected chi connectivity index (χ2v) is 6.38. The summed E-state index contributed by atoms with van der Waals surface area (Å²) in [5.41, 5.74) is 1.37. The molecule has 0 spiro atoms. The molecule has 2 amide bonds. The van der Waals surface area contributed by atoms with Gasteiger partial charge in [0.2, 0.25) is 0 Å². The number of para-hydroxylation sites is 1. The van der Waals surface area contributed by atoms with Gasteiger partial charge in [-0.15, -0.1) is 0 Å². The number of nitrogens with one attached hydrogen (secondary N) is 1. The first-order valence-electron chi connectivity index (χ1n) is 8.84. The number of urea groups is 1. The van der Waals surface area contributed by atoms with Gasteiger partial charge in [-0.25, -0.2) is 9.18 Å². The van der Waals surface area contributed by atoms with Gasteiger partial charge in [0.15, 0.2) is 0 Å². The minimum absolute atomic E-state index is 0.139. The maximum atomic E-state index is 13.2. The Morgan fingerprint density at radius 3 is 2.54 bits per heavy atom. The number of benzene rings is 2. The molecule has 0 aromatic heterocycles. The maximum Gasteiger partial charge on any atom is 0.321 e. The molecule has 2 aromatic carbocycles. The molecule has 3 rings (SSSR count). The molecular formula is C20H24FN3O2. The highest BCUT2D eigenvalue weighted by atomic mass is 19.1. The third kappa shape index (κ3) is 4.95. The lowest BCUT2D eigenvalue weighted by molar-refractivity contribution is 0.132. The monoisotopic (exact) mass is 357 g/mol. The molecular weight excluding hydrogens is 333 g/mol. The predicted molar refractivity (Wildman–Crippen MR) is 100 cm³/mol. The number of nitrogens with zero attached hydrogens (tertiary/aromatic N) is 2. The number of hydrogen-bond acceptors (Lipinski definition) is 3. The molecule has 5 nitrogen and oxygen atoms in total. The lowest BCUT2D eigenvalue weighted by Gasteiger charge is -2.34. The highest BCUT2D eigenvalue weighted by Crippen LogP contribution is 2.16. The SMILES string of the molecule is Cc1cc(F)ccc1NC(=O)N1CCN(CCOc2ccccc2)CC1. The third-order valence-corrected chi connectivity index (χ3v) is 4.51. The summed E-state index contributed by atoms with van der Waals surface area (Å²) < 4.78 is 18.9. The van der Waals surface area contributed by atoms with Crippen molar-refractivity contribution in [3.63, 3.8) is 0 Å². The lowest BCUT2D eigenvalue weighted by atomic mass is 10.2. The van der Waals surface area contributed by atoms with Crippen LogP contribution in [-0.4, -0.2) is 55.2 Å². The zero-order valence-corrected chi connectivity index (χ0v) is 15.0. The average molecular weight is 357 g/mol. The molecule has 0 radical (unpaired) electrons.